The van der Waals surface area contributed by atoms with Crippen LogP contribution < -0.4 is 4.84 Å². The van der Waals surface area contributed by atoms with Crippen LogP contribution in [0.3, 0.4) is 0 Å². The molecule has 306 valence electrons. The average molecular weight is 891 g/mol. The van der Waals surface area contributed by atoms with Crippen molar-refractivity contribution in [2.75, 3.05) is 0 Å². The predicted octanol–water partition coefficient (Wildman–Crippen LogP) is 6.71. The van der Waals surface area contributed by atoms with Gasteiger partial charge in [0.05, 0.1) is 15.5 Å². The Balaban J connectivity index is 1.20. The highest BCUT2D eigenvalue weighted by atomic mass is 32.2. The van der Waals surface area contributed by atoms with Gasteiger partial charge < -0.3 is 25.3 Å². The van der Waals surface area contributed by atoms with Crippen LogP contribution in [0, 0.1) is 0 Å². The Hall–Kier alpha value is -6.72. The Morgan fingerprint density at radius 3 is 1.29 bits per heavy atom. The van der Waals surface area contributed by atoms with Crippen molar-refractivity contribution in [1.82, 2.24) is 0 Å². The van der Waals surface area contributed by atoms with Crippen LogP contribution in [-0.4, -0.2) is 72.3 Å². The molecule has 0 bridgehead atoms. The third-order valence-electron chi connectivity index (χ3n) is 7.92. The van der Waals surface area contributed by atoms with Gasteiger partial charge in [0.15, 0.2) is 17.2 Å². The van der Waals surface area contributed by atoms with E-state index in [-0.39, 0.29) is 44.4 Å². The molecule has 0 aliphatic carbocycles. The molecule has 8 N–H and O–H groups in total. The fraction of sp³-hybridized carbons (Fsp3) is 0. The molecule has 0 radical (unpaired) electrons. The summed E-state index contributed by atoms with van der Waals surface area (Å²) in [7, 11) is -19.6. The molecule has 0 saturated carbocycles. The Labute approximate surface area is 330 Å². The van der Waals surface area contributed by atoms with Crippen molar-refractivity contribution in [3.8, 4) is 28.7 Å². The minimum atomic E-state index is -5.10. The van der Waals surface area contributed by atoms with E-state index in [0.29, 0.717) is 0 Å². The first-order chi connectivity index (χ1) is 27.4. The van der Waals surface area contributed by atoms with Gasteiger partial charge in [-0.25, -0.2) is 0 Å². The summed E-state index contributed by atoms with van der Waals surface area (Å²) < 4.78 is 133. The molecule has 0 aliphatic rings. The summed E-state index contributed by atoms with van der Waals surface area (Å²) in [6.07, 6.45) is 0. The number of hydrogen-bond acceptors (Lipinski definition) is 19. The van der Waals surface area contributed by atoms with Gasteiger partial charge in [-0.2, -0.15) is 33.7 Å². The van der Waals surface area contributed by atoms with Crippen molar-refractivity contribution < 1.29 is 77.1 Å². The molecule has 0 heterocycles. The summed E-state index contributed by atoms with van der Waals surface area (Å²) >= 11 is 0. The molecule has 0 aliphatic heterocycles. The van der Waals surface area contributed by atoms with Crippen molar-refractivity contribution in [3.63, 3.8) is 0 Å². The number of benzene rings is 6. The van der Waals surface area contributed by atoms with Gasteiger partial charge in [-0.1, -0.05) is 0 Å². The van der Waals surface area contributed by atoms with Crippen LogP contribution in [0.1, 0.15) is 0 Å². The molecule has 0 fully saturated rings. The lowest BCUT2D eigenvalue weighted by molar-refractivity contribution is 0.311. The highest BCUT2D eigenvalue weighted by molar-refractivity contribution is 7.86. The van der Waals surface area contributed by atoms with E-state index in [1.54, 1.807) is 0 Å². The van der Waals surface area contributed by atoms with Crippen LogP contribution in [0.2, 0.25) is 0 Å². The summed E-state index contributed by atoms with van der Waals surface area (Å²) in [6, 6.07) is 13.9. The zero-order valence-electron chi connectivity index (χ0n) is 28.7. The van der Waals surface area contributed by atoms with Gasteiger partial charge in [-0.3, -0.25) is 18.2 Å². The summed E-state index contributed by atoms with van der Waals surface area (Å²) in [4.78, 5) is 1.87. The van der Waals surface area contributed by atoms with E-state index >= 15 is 0 Å². The Morgan fingerprint density at radius 2 is 0.881 bits per heavy atom. The van der Waals surface area contributed by atoms with E-state index in [2.05, 4.69) is 30.8 Å². The van der Waals surface area contributed by atoms with Crippen LogP contribution >= 0.6 is 0 Å². The summed E-state index contributed by atoms with van der Waals surface area (Å²) in [5, 5.41) is 63.7. The van der Waals surface area contributed by atoms with Crippen molar-refractivity contribution in [3.05, 3.63) is 84.9 Å². The molecule has 0 amide bonds. The van der Waals surface area contributed by atoms with E-state index in [1.807, 2.05) is 0 Å². The number of azo groups is 2. The summed E-state index contributed by atoms with van der Waals surface area (Å²) in [5.74, 6) is -3.04. The van der Waals surface area contributed by atoms with Crippen molar-refractivity contribution in [2.45, 2.75) is 19.6 Å². The van der Waals surface area contributed by atoms with Crippen LogP contribution in [0.5, 0.6) is 28.7 Å². The van der Waals surface area contributed by atoms with Crippen molar-refractivity contribution in [2.24, 2.45) is 30.8 Å². The topological polar surface area (TPSA) is 382 Å². The maximum Gasteiger partial charge on any atom is 0.296 e. The lowest BCUT2D eigenvalue weighted by Crippen LogP contribution is -2.00. The smallest absolute Gasteiger partial charge is 0.296 e. The quantitative estimate of drug-likeness (QED) is 0.0380. The van der Waals surface area contributed by atoms with Crippen LogP contribution in [0.25, 0.3) is 21.5 Å². The van der Waals surface area contributed by atoms with Crippen LogP contribution in [0.15, 0.2) is 135 Å². The van der Waals surface area contributed by atoms with Gasteiger partial charge in [0.2, 0.25) is 0 Å². The molecule has 6 rings (SSSR count). The van der Waals surface area contributed by atoms with E-state index in [9.17, 15) is 72.3 Å². The van der Waals surface area contributed by atoms with Gasteiger partial charge >= 0.3 is 0 Å². The molecule has 6 aromatic rings. The van der Waals surface area contributed by atoms with Crippen LogP contribution in [-0.2, 0) is 40.5 Å². The van der Waals surface area contributed by atoms with E-state index in [1.165, 1.54) is 12.1 Å². The number of hydrogen-bond donors (Lipinski definition) is 8. The Kier molecular flexibility index (Phi) is 10.8. The Morgan fingerprint density at radius 1 is 0.441 bits per heavy atom. The molecule has 0 unspecified atom stereocenters. The molecule has 0 saturated heterocycles. The van der Waals surface area contributed by atoms with Gasteiger partial charge in [-0.15, -0.1) is 25.6 Å². The molecule has 0 aromatic heterocycles. The van der Waals surface area contributed by atoms with Crippen molar-refractivity contribution >= 4 is 90.5 Å². The van der Waals surface area contributed by atoms with Gasteiger partial charge in [-0.05, 0) is 83.6 Å². The predicted molar refractivity (Wildman–Crippen MR) is 200 cm³/mol. The third kappa shape index (κ3) is 9.05. The lowest BCUT2D eigenvalue weighted by atomic mass is 10.1. The largest absolute Gasteiger partial charge is 0.506 e. The molecule has 23 nitrogen and oxygen atoms in total. The molecule has 6 aromatic carbocycles. The van der Waals surface area contributed by atoms with E-state index in [0.717, 1.165) is 72.8 Å². The van der Waals surface area contributed by atoms with E-state index in [4.69, 9.17) is 4.84 Å². The normalized spacial score (nSPS) is 13.0. The molecular weight excluding hydrogens is 869 g/mol. The Bertz CT molecular complexity index is 3300. The van der Waals surface area contributed by atoms with E-state index < -0.39 is 94.4 Å². The monoisotopic (exact) mass is 890 g/mol. The highest BCUT2D eigenvalue weighted by Crippen LogP contribution is 2.44. The average Bonchev–Trinajstić information content (AvgIpc) is 3.13. The minimum absolute atomic E-state index is 0.0445. The lowest BCUT2D eigenvalue weighted by Gasteiger charge is -2.10. The van der Waals surface area contributed by atoms with Gasteiger partial charge in [0.25, 0.3) is 40.5 Å². The number of rotatable bonds is 11. The SMILES string of the molecule is O=S(=O)(O)c1ccc2c(O)c(N=Nc3ccc(N=NOc4ccc(N=Nc5c(S(=O)(=O)O)cc6cc(S(=O)(=O)O)ccc6c5O)c(O)c4)cc3O)c(S(=O)(=O)O)cc2c1. The first-order valence-corrected chi connectivity index (χ1v) is 21.2. The van der Waals surface area contributed by atoms with Gasteiger partial charge in [0, 0.05) is 28.2 Å². The number of fused-ring (bicyclic) bond motifs is 2. The number of aromatic hydroxyl groups is 4. The molecule has 0 spiro atoms. The first kappa shape index (κ1) is 41.9. The van der Waals surface area contributed by atoms with Gasteiger partial charge in [0.1, 0.15) is 44.0 Å². The second-order valence-corrected chi connectivity index (χ2v) is 17.4. The standard InChI is InChI=1S/C32H22N6O17S4/c39-25-13-17(1-7-23(25)34-36-29-27(58(49,50)51)11-15-9-19(56(43,44)45)3-5-21(15)31(29)41)33-38-55-18-2-8-24(26(40)14-18)35-37-30-28(59(52,53)54)12-16-10-20(57(46,47)48)4-6-22(16)32(30)42/h1-14,39-42H,(H,43,44,45)(H,46,47,48)(H,49,50,51)(H,52,53,54). The number of phenols is 4. The molecule has 0 atom stereocenters. The second kappa shape index (κ2) is 15.2. The number of phenolic OH excluding ortho intramolecular Hbond substituents is 4. The first-order valence-electron chi connectivity index (χ1n) is 15.5. The molecule has 59 heavy (non-hydrogen) atoms. The fourth-order valence-electron chi connectivity index (χ4n) is 5.19. The maximum absolute atomic E-state index is 12.1. The molecule has 27 heteroatoms. The maximum atomic E-state index is 12.1. The van der Waals surface area contributed by atoms with Crippen LogP contribution in [0.4, 0.5) is 28.4 Å². The summed E-state index contributed by atoms with van der Waals surface area (Å²) in [5.41, 5.74) is -2.21. The highest BCUT2D eigenvalue weighted by Gasteiger charge is 2.25. The summed E-state index contributed by atoms with van der Waals surface area (Å²) in [6.45, 7) is 0. The zero-order valence-corrected chi connectivity index (χ0v) is 31.9. The second-order valence-electron chi connectivity index (χ2n) is 11.8. The van der Waals surface area contributed by atoms with Crippen molar-refractivity contribution in [1.29, 1.82) is 0 Å². The minimum Gasteiger partial charge on any atom is -0.506 e. The fourth-order valence-corrected chi connectivity index (χ4v) is 7.54. The molecular formula is C32H22N6O17S4. The zero-order chi connectivity index (χ0) is 43.2. The third-order valence-corrected chi connectivity index (χ3v) is 11.4. The number of nitrogens with zero attached hydrogens (tertiary/aromatic N) is 6.